The number of amides is 2. The number of rotatable bonds is 7. The highest BCUT2D eigenvalue weighted by molar-refractivity contribution is 5.91. The first-order valence-electron chi connectivity index (χ1n) is 11.7. The standard InChI is InChI=1S/C27H30FN3O3/c1-17(2)25(24-14-15-29-34-24)27(33)31-16-6-9-23(31)26(32)30-18(3)19-10-12-20(13-11-19)21-7-4-5-8-22(21)28/h4-5,7-8,10-15,17-18,23,25H,6,9,16H2,1-3H3,(H,30,32). The number of carbonyl (C=O) groups excluding carboxylic acids is 2. The lowest BCUT2D eigenvalue weighted by molar-refractivity contribution is -0.141. The van der Waals surface area contributed by atoms with E-state index in [-0.39, 0.29) is 29.6 Å². The fourth-order valence-electron chi connectivity index (χ4n) is 4.64. The molecule has 2 heterocycles. The zero-order chi connectivity index (χ0) is 24.2. The van der Waals surface area contributed by atoms with Crippen LogP contribution in [-0.4, -0.2) is 34.5 Å². The smallest absolute Gasteiger partial charge is 0.243 e. The van der Waals surface area contributed by atoms with Crippen molar-refractivity contribution in [2.24, 2.45) is 5.92 Å². The summed E-state index contributed by atoms with van der Waals surface area (Å²) in [5.74, 6) is -0.485. The van der Waals surface area contributed by atoms with E-state index in [9.17, 15) is 14.0 Å². The number of likely N-dealkylation sites (tertiary alicyclic amines) is 1. The number of hydrogen-bond donors (Lipinski definition) is 1. The van der Waals surface area contributed by atoms with Gasteiger partial charge in [0.25, 0.3) is 0 Å². The SMILES string of the molecule is CC(NC(=O)C1CCCN1C(=O)C(c1ccno1)C(C)C)c1ccc(-c2ccccc2F)cc1. The van der Waals surface area contributed by atoms with Gasteiger partial charge in [0.2, 0.25) is 11.8 Å². The van der Waals surface area contributed by atoms with Crippen LogP contribution in [0.4, 0.5) is 4.39 Å². The lowest BCUT2D eigenvalue weighted by Gasteiger charge is -2.29. The van der Waals surface area contributed by atoms with Crippen molar-refractivity contribution in [2.75, 3.05) is 6.54 Å². The molecule has 0 saturated carbocycles. The molecule has 3 unspecified atom stereocenters. The molecule has 7 heteroatoms. The summed E-state index contributed by atoms with van der Waals surface area (Å²) in [6.45, 7) is 6.37. The molecule has 1 N–H and O–H groups in total. The maximum atomic E-state index is 14.1. The number of nitrogens with one attached hydrogen (secondary N) is 1. The Labute approximate surface area is 199 Å². The van der Waals surface area contributed by atoms with E-state index in [0.29, 0.717) is 24.3 Å². The lowest BCUT2D eigenvalue weighted by Crippen LogP contribution is -2.48. The third-order valence-electron chi connectivity index (χ3n) is 6.49. The van der Waals surface area contributed by atoms with Gasteiger partial charge in [-0.1, -0.05) is 61.5 Å². The molecule has 0 bridgehead atoms. The number of nitrogens with zero attached hydrogens (tertiary/aromatic N) is 2. The Morgan fingerprint density at radius 3 is 2.47 bits per heavy atom. The van der Waals surface area contributed by atoms with E-state index in [1.165, 1.54) is 12.3 Å². The molecule has 0 aliphatic carbocycles. The summed E-state index contributed by atoms with van der Waals surface area (Å²) in [5, 5.41) is 6.80. The van der Waals surface area contributed by atoms with Gasteiger partial charge in [0.15, 0.2) is 0 Å². The molecule has 3 aromatic rings. The Bertz CT molecular complexity index is 1130. The van der Waals surface area contributed by atoms with Crippen LogP contribution in [0.2, 0.25) is 0 Å². The van der Waals surface area contributed by atoms with Gasteiger partial charge in [-0.2, -0.15) is 0 Å². The molecule has 1 fully saturated rings. The molecule has 2 amide bonds. The van der Waals surface area contributed by atoms with E-state index in [2.05, 4.69) is 10.5 Å². The Balaban J connectivity index is 1.44. The molecule has 1 aliphatic rings. The number of benzene rings is 2. The monoisotopic (exact) mass is 463 g/mol. The van der Waals surface area contributed by atoms with Crippen molar-refractivity contribution < 1.29 is 18.5 Å². The molecule has 1 saturated heterocycles. The number of carbonyl (C=O) groups is 2. The first kappa shape index (κ1) is 23.7. The van der Waals surface area contributed by atoms with Crippen molar-refractivity contribution in [1.29, 1.82) is 0 Å². The van der Waals surface area contributed by atoms with E-state index in [4.69, 9.17) is 4.52 Å². The minimum Gasteiger partial charge on any atom is -0.361 e. The summed E-state index contributed by atoms with van der Waals surface area (Å²) in [6, 6.07) is 15.1. The summed E-state index contributed by atoms with van der Waals surface area (Å²) in [4.78, 5) is 28.2. The highest BCUT2D eigenvalue weighted by atomic mass is 19.1. The van der Waals surface area contributed by atoms with Crippen molar-refractivity contribution in [2.45, 2.75) is 51.6 Å². The quantitative estimate of drug-likeness (QED) is 0.530. The molecule has 0 radical (unpaired) electrons. The van der Waals surface area contributed by atoms with Crippen LogP contribution >= 0.6 is 0 Å². The Morgan fingerprint density at radius 2 is 1.82 bits per heavy atom. The highest BCUT2D eigenvalue weighted by Gasteiger charge is 2.40. The van der Waals surface area contributed by atoms with Crippen molar-refractivity contribution in [3.8, 4) is 11.1 Å². The molecule has 34 heavy (non-hydrogen) atoms. The molecular formula is C27H30FN3O3. The van der Waals surface area contributed by atoms with Gasteiger partial charge in [0.05, 0.1) is 12.2 Å². The molecule has 178 valence electrons. The minimum atomic E-state index is -0.517. The molecule has 2 aromatic carbocycles. The van der Waals surface area contributed by atoms with Crippen LogP contribution in [-0.2, 0) is 9.59 Å². The number of hydrogen-bond acceptors (Lipinski definition) is 4. The summed E-state index contributed by atoms with van der Waals surface area (Å²) in [5.41, 5.74) is 2.23. The van der Waals surface area contributed by atoms with Gasteiger partial charge < -0.3 is 14.7 Å². The Morgan fingerprint density at radius 1 is 1.09 bits per heavy atom. The van der Waals surface area contributed by atoms with Gasteiger partial charge in [0.1, 0.15) is 23.5 Å². The van der Waals surface area contributed by atoms with Crippen LogP contribution in [0.25, 0.3) is 11.1 Å². The predicted octanol–water partition coefficient (Wildman–Crippen LogP) is 5.09. The minimum absolute atomic E-state index is 0.0108. The van der Waals surface area contributed by atoms with E-state index in [1.54, 1.807) is 29.2 Å². The van der Waals surface area contributed by atoms with Crippen LogP contribution in [0.1, 0.15) is 56.9 Å². The lowest BCUT2D eigenvalue weighted by atomic mass is 9.91. The Hall–Kier alpha value is -3.48. The Kier molecular flexibility index (Phi) is 7.10. The second-order valence-electron chi connectivity index (χ2n) is 9.16. The topological polar surface area (TPSA) is 75.4 Å². The molecule has 0 spiro atoms. The van der Waals surface area contributed by atoms with Crippen LogP contribution < -0.4 is 5.32 Å². The van der Waals surface area contributed by atoms with Crippen LogP contribution in [0.5, 0.6) is 0 Å². The normalized spacial score (nSPS) is 17.6. The van der Waals surface area contributed by atoms with Crippen LogP contribution in [0.3, 0.4) is 0 Å². The van der Waals surface area contributed by atoms with Crippen molar-refractivity contribution >= 4 is 11.8 Å². The molecule has 6 nitrogen and oxygen atoms in total. The van der Waals surface area contributed by atoms with Gasteiger partial charge in [0, 0.05) is 18.2 Å². The third kappa shape index (κ3) is 4.88. The maximum absolute atomic E-state index is 14.1. The average molecular weight is 464 g/mol. The van der Waals surface area contributed by atoms with Crippen LogP contribution in [0.15, 0.2) is 65.3 Å². The van der Waals surface area contributed by atoms with E-state index in [0.717, 1.165) is 17.5 Å². The maximum Gasteiger partial charge on any atom is 0.243 e. The van der Waals surface area contributed by atoms with E-state index >= 15 is 0 Å². The summed E-state index contributed by atoms with van der Waals surface area (Å²) in [7, 11) is 0. The number of aromatic nitrogens is 1. The summed E-state index contributed by atoms with van der Waals surface area (Å²) >= 11 is 0. The second-order valence-corrected chi connectivity index (χ2v) is 9.16. The third-order valence-corrected chi connectivity index (χ3v) is 6.49. The molecule has 3 atom stereocenters. The second kappa shape index (κ2) is 10.2. The van der Waals surface area contributed by atoms with Crippen LogP contribution in [0, 0.1) is 11.7 Å². The van der Waals surface area contributed by atoms with Gasteiger partial charge in [-0.15, -0.1) is 0 Å². The highest BCUT2D eigenvalue weighted by Crippen LogP contribution is 2.31. The van der Waals surface area contributed by atoms with E-state index < -0.39 is 12.0 Å². The van der Waals surface area contributed by atoms with Crippen molar-refractivity contribution in [1.82, 2.24) is 15.4 Å². The fraction of sp³-hybridized carbons (Fsp3) is 0.370. The fourth-order valence-corrected chi connectivity index (χ4v) is 4.64. The first-order valence-corrected chi connectivity index (χ1v) is 11.7. The number of halogens is 1. The van der Waals surface area contributed by atoms with Gasteiger partial charge in [-0.25, -0.2) is 4.39 Å². The molecule has 1 aromatic heterocycles. The molecule has 1 aliphatic heterocycles. The molecular weight excluding hydrogens is 433 g/mol. The molecule has 4 rings (SSSR count). The van der Waals surface area contributed by atoms with Gasteiger partial charge in [-0.05, 0) is 42.9 Å². The zero-order valence-corrected chi connectivity index (χ0v) is 19.7. The van der Waals surface area contributed by atoms with Crippen molar-refractivity contribution in [3.05, 3.63) is 77.9 Å². The van der Waals surface area contributed by atoms with E-state index in [1.807, 2.05) is 45.0 Å². The largest absolute Gasteiger partial charge is 0.361 e. The van der Waals surface area contributed by atoms with Crippen molar-refractivity contribution in [3.63, 3.8) is 0 Å². The summed E-state index contributed by atoms with van der Waals surface area (Å²) in [6.07, 6.45) is 2.93. The van der Waals surface area contributed by atoms with Gasteiger partial charge >= 0.3 is 0 Å². The first-order chi connectivity index (χ1) is 16.4. The predicted molar refractivity (Wildman–Crippen MR) is 127 cm³/mol. The average Bonchev–Trinajstić information content (AvgIpc) is 3.52. The van der Waals surface area contributed by atoms with Gasteiger partial charge in [-0.3, -0.25) is 9.59 Å². The zero-order valence-electron chi connectivity index (χ0n) is 19.7. The summed E-state index contributed by atoms with van der Waals surface area (Å²) < 4.78 is 19.4.